The lowest BCUT2D eigenvalue weighted by atomic mass is 10.0. The number of nitrogens with zero attached hydrogens (tertiary/aromatic N) is 2. The third-order valence-corrected chi connectivity index (χ3v) is 5.49. The second-order valence-electron chi connectivity index (χ2n) is 5.97. The van der Waals surface area contributed by atoms with E-state index in [0.717, 1.165) is 38.9 Å². The minimum atomic E-state index is 0.803. The first-order valence-electron chi connectivity index (χ1n) is 7.66. The van der Waals surface area contributed by atoms with Crippen molar-refractivity contribution in [1.82, 2.24) is 9.88 Å². The zero-order valence-electron chi connectivity index (χ0n) is 13.0. The van der Waals surface area contributed by atoms with Gasteiger partial charge in [0.1, 0.15) is 10.8 Å². The van der Waals surface area contributed by atoms with Gasteiger partial charge in [0.05, 0.1) is 18.4 Å². The topological polar surface area (TPSA) is 25.4 Å². The van der Waals surface area contributed by atoms with E-state index in [1.165, 1.54) is 25.9 Å². The van der Waals surface area contributed by atoms with Gasteiger partial charge in [-0.15, -0.1) is 11.3 Å². The Morgan fingerprint density at radius 3 is 3.09 bits per heavy atom. The zero-order valence-corrected chi connectivity index (χ0v) is 15.4. The molecule has 1 atom stereocenters. The van der Waals surface area contributed by atoms with E-state index in [1.54, 1.807) is 18.4 Å². The van der Waals surface area contributed by atoms with Gasteiger partial charge in [-0.05, 0) is 43.5 Å². The van der Waals surface area contributed by atoms with Crippen molar-refractivity contribution >= 4 is 27.3 Å². The molecule has 1 aromatic heterocycles. The van der Waals surface area contributed by atoms with Crippen LogP contribution in [-0.2, 0) is 6.54 Å². The van der Waals surface area contributed by atoms with Crippen molar-refractivity contribution < 1.29 is 4.74 Å². The van der Waals surface area contributed by atoms with Crippen molar-refractivity contribution in [1.29, 1.82) is 0 Å². The van der Waals surface area contributed by atoms with Crippen molar-refractivity contribution in [2.45, 2.75) is 26.3 Å². The van der Waals surface area contributed by atoms with Crippen molar-refractivity contribution in [3.63, 3.8) is 0 Å². The summed E-state index contributed by atoms with van der Waals surface area (Å²) in [5, 5.41) is 3.20. The van der Waals surface area contributed by atoms with E-state index in [0.29, 0.717) is 0 Å². The predicted octanol–water partition coefficient (Wildman–Crippen LogP) is 4.81. The highest BCUT2D eigenvalue weighted by Crippen LogP contribution is 2.34. The molecule has 3 nitrogen and oxygen atoms in total. The Morgan fingerprint density at radius 1 is 1.45 bits per heavy atom. The fourth-order valence-corrected chi connectivity index (χ4v) is 4.20. The third kappa shape index (κ3) is 3.70. The first-order chi connectivity index (χ1) is 10.7. The number of likely N-dealkylation sites (tertiary alicyclic amines) is 1. The molecule has 0 aliphatic carbocycles. The van der Waals surface area contributed by atoms with Gasteiger partial charge >= 0.3 is 0 Å². The molecule has 118 valence electrons. The Morgan fingerprint density at radius 2 is 2.32 bits per heavy atom. The lowest BCUT2D eigenvalue weighted by molar-refractivity contribution is 0.175. The molecule has 1 fully saturated rings. The Hall–Kier alpha value is -0.910. The second-order valence-corrected chi connectivity index (χ2v) is 7.74. The highest BCUT2D eigenvalue weighted by molar-refractivity contribution is 9.10. The van der Waals surface area contributed by atoms with Crippen LogP contribution in [0.3, 0.4) is 0 Å². The number of methoxy groups -OCH3 is 1. The maximum atomic E-state index is 5.46. The molecule has 0 amide bonds. The van der Waals surface area contributed by atoms with Crippen LogP contribution in [0.25, 0.3) is 10.6 Å². The minimum Gasteiger partial charge on any atom is -0.496 e. The minimum absolute atomic E-state index is 0.803. The van der Waals surface area contributed by atoms with E-state index in [-0.39, 0.29) is 0 Å². The van der Waals surface area contributed by atoms with Gasteiger partial charge in [0.15, 0.2) is 0 Å². The molecular weight excluding hydrogens is 360 g/mol. The van der Waals surface area contributed by atoms with Gasteiger partial charge in [0.2, 0.25) is 0 Å². The number of thiazole rings is 1. The molecule has 1 unspecified atom stereocenters. The van der Waals surface area contributed by atoms with Crippen LogP contribution in [0.1, 0.15) is 25.5 Å². The van der Waals surface area contributed by atoms with E-state index < -0.39 is 0 Å². The summed E-state index contributed by atoms with van der Waals surface area (Å²) < 4.78 is 6.51. The molecule has 22 heavy (non-hydrogen) atoms. The highest BCUT2D eigenvalue weighted by atomic mass is 79.9. The third-order valence-electron chi connectivity index (χ3n) is 4.07. The standard InChI is InChI=1S/C17H21BrN2OS/c1-12-4-3-7-20(9-12)10-14-11-22-17(19-14)15-8-13(18)5-6-16(15)21-2/h5-6,8,11-12H,3-4,7,9-10H2,1-2H3. The number of piperidine rings is 1. The van der Waals surface area contributed by atoms with Gasteiger partial charge in [0, 0.05) is 22.9 Å². The van der Waals surface area contributed by atoms with Crippen LogP contribution in [0.4, 0.5) is 0 Å². The molecular formula is C17H21BrN2OS. The molecule has 0 spiro atoms. The molecule has 0 saturated carbocycles. The fraction of sp³-hybridized carbons (Fsp3) is 0.471. The average Bonchev–Trinajstić information content (AvgIpc) is 2.95. The van der Waals surface area contributed by atoms with Crippen LogP contribution in [0.15, 0.2) is 28.1 Å². The van der Waals surface area contributed by atoms with Crippen molar-refractivity contribution in [3.8, 4) is 16.3 Å². The first-order valence-corrected chi connectivity index (χ1v) is 9.33. The Balaban J connectivity index is 1.77. The van der Waals surface area contributed by atoms with E-state index in [2.05, 4.69) is 39.2 Å². The number of halogens is 1. The molecule has 2 heterocycles. The van der Waals surface area contributed by atoms with E-state index in [4.69, 9.17) is 9.72 Å². The summed E-state index contributed by atoms with van der Waals surface area (Å²) in [5.41, 5.74) is 2.22. The smallest absolute Gasteiger partial charge is 0.129 e. The normalized spacial score (nSPS) is 19.3. The number of hydrogen-bond donors (Lipinski definition) is 0. The number of ether oxygens (including phenoxy) is 1. The molecule has 1 saturated heterocycles. The summed E-state index contributed by atoms with van der Waals surface area (Å²) in [6, 6.07) is 6.04. The quantitative estimate of drug-likeness (QED) is 0.760. The van der Waals surface area contributed by atoms with Crippen LogP contribution in [0.5, 0.6) is 5.75 Å². The molecule has 3 rings (SSSR count). The number of benzene rings is 1. The van der Waals surface area contributed by atoms with E-state index in [9.17, 15) is 0 Å². The predicted molar refractivity (Wildman–Crippen MR) is 95.5 cm³/mol. The monoisotopic (exact) mass is 380 g/mol. The SMILES string of the molecule is COc1ccc(Br)cc1-c1nc(CN2CCCC(C)C2)cs1. The van der Waals surface area contributed by atoms with Gasteiger partial charge in [-0.2, -0.15) is 0 Å². The zero-order chi connectivity index (χ0) is 15.5. The largest absolute Gasteiger partial charge is 0.496 e. The Bertz CT molecular complexity index is 643. The van der Waals surface area contributed by atoms with Gasteiger partial charge in [0.25, 0.3) is 0 Å². The second kappa shape index (κ2) is 7.11. The van der Waals surface area contributed by atoms with Gasteiger partial charge in [-0.1, -0.05) is 22.9 Å². The van der Waals surface area contributed by atoms with Gasteiger partial charge in [-0.3, -0.25) is 4.90 Å². The van der Waals surface area contributed by atoms with Crippen molar-refractivity contribution in [2.24, 2.45) is 5.92 Å². The molecule has 2 aromatic rings. The number of hydrogen-bond acceptors (Lipinski definition) is 4. The lowest BCUT2D eigenvalue weighted by Gasteiger charge is -2.30. The molecule has 0 bridgehead atoms. The summed E-state index contributed by atoms with van der Waals surface area (Å²) in [6.07, 6.45) is 2.66. The highest BCUT2D eigenvalue weighted by Gasteiger charge is 2.18. The van der Waals surface area contributed by atoms with Gasteiger partial charge < -0.3 is 4.74 Å². The summed E-state index contributed by atoms with van der Waals surface area (Å²) in [5.74, 6) is 1.67. The van der Waals surface area contributed by atoms with Gasteiger partial charge in [-0.25, -0.2) is 4.98 Å². The van der Waals surface area contributed by atoms with Crippen molar-refractivity contribution in [3.05, 3.63) is 33.7 Å². The van der Waals surface area contributed by atoms with E-state index in [1.807, 2.05) is 12.1 Å². The molecule has 1 aliphatic rings. The van der Waals surface area contributed by atoms with Crippen LogP contribution in [-0.4, -0.2) is 30.1 Å². The van der Waals surface area contributed by atoms with Crippen LogP contribution in [0, 0.1) is 5.92 Å². The first kappa shape index (κ1) is 16.0. The van der Waals surface area contributed by atoms with Crippen LogP contribution >= 0.6 is 27.3 Å². The average molecular weight is 381 g/mol. The maximum absolute atomic E-state index is 5.46. The summed E-state index contributed by atoms with van der Waals surface area (Å²) in [4.78, 5) is 7.34. The molecule has 0 N–H and O–H groups in total. The number of rotatable bonds is 4. The van der Waals surface area contributed by atoms with Crippen LogP contribution < -0.4 is 4.74 Å². The summed E-state index contributed by atoms with van der Waals surface area (Å²) in [7, 11) is 1.70. The van der Waals surface area contributed by atoms with E-state index >= 15 is 0 Å². The summed E-state index contributed by atoms with van der Waals surface area (Å²) >= 11 is 5.22. The Kier molecular flexibility index (Phi) is 5.16. The molecule has 5 heteroatoms. The molecule has 1 aromatic carbocycles. The molecule has 0 radical (unpaired) electrons. The molecule has 1 aliphatic heterocycles. The fourth-order valence-electron chi connectivity index (χ4n) is 3.01. The van der Waals surface area contributed by atoms with Crippen LogP contribution in [0.2, 0.25) is 0 Å². The Labute approximate surface area is 144 Å². The maximum Gasteiger partial charge on any atom is 0.129 e. The lowest BCUT2D eigenvalue weighted by Crippen LogP contribution is -2.33. The summed E-state index contributed by atoms with van der Waals surface area (Å²) in [6.45, 7) is 5.67. The van der Waals surface area contributed by atoms with Crippen molar-refractivity contribution in [2.75, 3.05) is 20.2 Å². The number of aromatic nitrogens is 1.